The van der Waals surface area contributed by atoms with E-state index in [2.05, 4.69) is 5.32 Å². The maximum Gasteiger partial charge on any atom is 0.331 e. The Bertz CT molecular complexity index is 583. The molecule has 0 spiro atoms. The summed E-state index contributed by atoms with van der Waals surface area (Å²) in [6.07, 6.45) is 0. The first-order chi connectivity index (χ1) is 8.95. The Balaban J connectivity index is 2.72. The lowest BCUT2D eigenvalue weighted by atomic mass is 10.1. The molecular weight excluding hydrogens is 244 g/mol. The minimum atomic E-state index is -1.11. The lowest BCUT2D eigenvalue weighted by Gasteiger charge is -2.07. The lowest BCUT2D eigenvalue weighted by Crippen LogP contribution is -2.25. The molecule has 0 radical (unpaired) electrons. The predicted molar refractivity (Wildman–Crippen MR) is 69.0 cm³/mol. The van der Waals surface area contributed by atoms with Crippen LogP contribution in [0.25, 0.3) is 0 Å². The van der Waals surface area contributed by atoms with Crippen molar-refractivity contribution < 1.29 is 14.7 Å². The second-order valence-corrected chi connectivity index (χ2v) is 4.05. The van der Waals surface area contributed by atoms with Crippen molar-refractivity contribution in [1.29, 1.82) is 5.26 Å². The van der Waals surface area contributed by atoms with Crippen molar-refractivity contribution in [2.75, 3.05) is 0 Å². The fourth-order valence-electron chi connectivity index (χ4n) is 1.40. The third-order valence-electron chi connectivity index (χ3n) is 2.73. The molecule has 2 N–H and O–H groups in total. The summed E-state index contributed by atoms with van der Waals surface area (Å²) >= 11 is 0. The Kier molecular flexibility index (Phi) is 4.84. The number of carboxylic acid groups (broad SMARTS) is 1. The second kappa shape index (κ2) is 6.36. The van der Waals surface area contributed by atoms with Gasteiger partial charge in [-0.25, -0.2) is 4.79 Å². The molecule has 0 bridgehead atoms. The van der Waals surface area contributed by atoms with E-state index in [9.17, 15) is 9.59 Å². The van der Waals surface area contributed by atoms with Gasteiger partial charge >= 0.3 is 5.97 Å². The summed E-state index contributed by atoms with van der Waals surface area (Å²) in [7, 11) is 0. The van der Waals surface area contributed by atoms with Gasteiger partial charge in [-0.3, -0.25) is 4.79 Å². The number of carboxylic acids is 1. The second-order valence-electron chi connectivity index (χ2n) is 4.05. The van der Waals surface area contributed by atoms with Crippen molar-refractivity contribution in [3.63, 3.8) is 0 Å². The SMILES string of the molecule is CC(C(=O)O)=C(C)C(=O)NCc1cccc(C#N)c1. The van der Waals surface area contributed by atoms with E-state index in [1.165, 1.54) is 13.8 Å². The minimum absolute atomic E-state index is 0.0169. The molecule has 1 aromatic rings. The van der Waals surface area contributed by atoms with E-state index in [0.29, 0.717) is 5.56 Å². The number of nitrogens with zero attached hydrogens (tertiary/aromatic N) is 1. The number of hydrogen-bond donors (Lipinski definition) is 2. The van der Waals surface area contributed by atoms with Crippen LogP contribution in [0.15, 0.2) is 35.4 Å². The van der Waals surface area contributed by atoms with E-state index in [0.717, 1.165) is 5.56 Å². The number of carbonyl (C=O) groups excluding carboxylic acids is 1. The van der Waals surface area contributed by atoms with Crippen LogP contribution in [0, 0.1) is 11.3 Å². The molecule has 0 aliphatic rings. The molecule has 0 saturated heterocycles. The molecule has 0 aromatic heterocycles. The standard InChI is InChI=1S/C14H14N2O3/c1-9(10(2)14(18)19)13(17)16-8-12-5-3-4-11(6-12)7-15/h3-6H,8H2,1-2H3,(H,16,17)(H,18,19). The van der Waals surface area contributed by atoms with Crippen LogP contribution in [0.4, 0.5) is 0 Å². The smallest absolute Gasteiger partial charge is 0.331 e. The quantitative estimate of drug-likeness (QED) is 0.802. The molecule has 5 nitrogen and oxygen atoms in total. The van der Waals surface area contributed by atoms with Gasteiger partial charge in [-0.2, -0.15) is 5.26 Å². The zero-order chi connectivity index (χ0) is 14.4. The Morgan fingerprint density at radius 3 is 2.58 bits per heavy atom. The number of nitrogens with one attached hydrogen (secondary N) is 1. The van der Waals surface area contributed by atoms with Gasteiger partial charge in [-0.1, -0.05) is 12.1 Å². The third-order valence-corrected chi connectivity index (χ3v) is 2.73. The van der Waals surface area contributed by atoms with Gasteiger partial charge in [0.1, 0.15) is 0 Å². The van der Waals surface area contributed by atoms with Crippen LogP contribution >= 0.6 is 0 Å². The van der Waals surface area contributed by atoms with Crippen molar-refractivity contribution in [2.24, 2.45) is 0 Å². The van der Waals surface area contributed by atoms with Crippen molar-refractivity contribution >= 4 is 11.9 Å². The number of nitriles is 1. The molecule has 1 rings (SSSR count). The summed E-state index contributed by atoms with van der Waals surface area (Å²) in [5.41, 5.74) is 1.49. The average molecular weight is 258 g/mol. The van der Waals surface area contributed by atoms with Crippen LogP contribution in [0.1, 0.15) is 25.0 Å². The maximum atomic E-state index is 11.7. The van der Waals surface area contributed by atoms with Gasteiger partial charge in [-0.05, 0) is 31.5 Å². The zero-order valence-electron chi connectivity index (χ0n) is 10.7. The minimum Gasteiger partial charge on any atom is -0.478 e. The molecule has 98 valence electrons. The Morgan fingerprint density at radius 1 is 1.32 bits per heavy atom. The first kappa shape index (κ1) is 14.5. The van der Waals surface area contributed by atoms with Crippen LogP contribution in [0.5, 0.6) is 0 Å². The third kappa shape index (κ3) is 3.96. The van der Waals surface area contributed by atoms with Crippen molar-refractivity contribution in [3.8, 4) is 6.07 Å². The van der Waals surface area contributed by atoms with Crippen LogP contribution in [0.2, 0.25) is 0 Å². The highest BCUT2D eigenvalue weighted by atomic mass is 16.4. The Morgan fingerprint density at radius 2 is 2.00 bits per heavy atom. The van der Waals surface area contributed by atoms with E-state index in [1.807, 2.05) is 6.07 Å². The molecule has 0 unspecified atom stereocenters. The highest BCUT2D eigenvalue weighted by Crippen LogP contribution is 2.06. The molecule has 0 aliphatic heterocycles. The normalized spacial score (nSPS) is 11.2. The topological polar surface area (TPSA) is 90.2 Å². The predicted octanol–water partition coefficient (Wildman–Crippen LogP) is 1.60. The summed E-state index contributed by atoms with van der Waals surface area (Å²) in [4.78, 5) is 22.4. The average Bonchev–Trinajstić information content (AvgIpc) is 2.43. The summed E-state index contributed by atoms with van der Waals surface area (Å²) < 4.78 is 0. The van der Waals surface area contributed by atoms with Crippen molar-refractivity contribution in [1.82, 2.24) is 5.32 Å². The molecule has 19 heavy (non-hydrogen) atoms. The summed E-state index contributed by atoms with van der Waals surface area (Å²) in [5.74, 6) is -1.54. The summed E-state index contributed by atoms with van der Waals surface area (Å²) in [6.45, 7) is 3.09. The first-order valence-corrected chi connectivity index (χ1v) is 5.63. The van der Waals surface area contributed by atoms with Crippen molar-refractivity contribution in [2.45, 2.75) is 20.4 Å². The van der Waals surface area contributed by atoms with Gasteiger partial charge in [0.25, 0.3) is 0 Å². The number of benzene rings is 1. The van der Waals surface area contributed by atoms with Gasteiger partial charge < -0.3 is 10.4 Å². The molecule has 0 heterocycles. The number of amides is 1. The van der Waals surface area contributed by atoms with E-state index in [4.69, 9.17) is 10.4 Å². The molecule has 0 aliphatic carbocycles. The highest BCUT2D eigenvalue weighted by Gasteiger charge is 2.12. The number of carbonyl (C=O) groups is 2. The molecular formula is C14H14N2O3. The number of rotatable bonds is 4. The highest BCUT2D eigenvalue weighted by molar-refractivity contribution is 6.01. The van der Waals surface area contributed by atoms with E-state index < -0.39 is 11.9 Å². The van der Waals surface area contributed by atoms with Crippen molar-refractivity contribution in [3.05, 3.63) is 46.5 Å². The fraction of sp³-hybridized carbons (Fsp3) is 0.214. The van der Waals surface area contributed by atoms with Gasteiger partial charge in [0, 0.05) is 17.7 Å². The molecule has 0 saturated carbocycles. The molecule has 1 amide bonds. The van der Waals surface area contributed by atoms with Gasteiger partial charge in [-0.15, -0.1) is 0 Å². The van der Waals surface area contributed by atoms with Crippen LogP contribution < -0.4 is 5.32 Å². The van der Waals surface area contributed by atoms with Gasteiger partial charge in [0.2, 0.25) is 5.91 Å². The summed E-state index contributed by atoms with van der Waals surface area (Å²) in [6, 6.07) is 8.86. The fourth-order valence-corrected chi connectivity index (χ4v) is 1.40. The Labute approximate surface area is 111 Å². The van der Waals surface area contributed by atoms with Gasteiger partial charge in [0.15, 0.2) is 0 Å². The Hall–Kier alpha value is -2.61. The maximum absolute atomic E-state index is 11.7. The summed E-state index contributed by atoms with van der Waals surface area (Å²) in [5, 5.41) is 20.1. The largest absolute Gasteiger partial charge is 0.478 e. The van der Waals surface area contributed by atoms with Gasteiger partial charge in [0.05, 0.1) is 11.6 Å². The first-order valence-electron chi connectivity index (χ1n) is 5.63. The zero-order valence-corrected chi connectivity index (χ0v) is 10.7. The molecule has 0 atom stereocenters. The molecule has 5 heteroatoms. The van der Waals surface area contributed by atoms with Crippen LogP contribution in [0.3, 0.4) is 0 Å². The van der Waals surface area contributed by atoms with E-state index in [-0.39, 0.29) is 17.7 Å². The van der Waals surface area contributed by atoms with E-state index in [1.54, 1.807) is 24.3 Å². The van der Waals surface area contributed by atoms with E-state index >= 15 is 0 Å². The van der Waals surface area contributed by atoms with Crippen LogP contribution in [-0.4, -0.2) is 17.0 Å². The monoisotopic (exact) mass is 258 g/mol. The lowest BCUT2D eigenvalue weighted by molar-refractivity contribution is -0.133. The number of aliphatic carboxylic acids is 1. The molecule has 1 aromatic carbocycles. The molecule has 0 fully saturated rings. The number of hydrogen-bond acceptors (Lipinski definition) is 3. The van der Waals surface area contributed by atoms with Crippen LogP contribution in [-0.2, 0) is 16.1 Å².